The molecule has 0 fully saturated rings. The average molecular weight is 390 g/mol. The van der Waals surface area contributed by atoms with Crippen LogP contribution in [0.4, 0.5) is 4.39 Å². The summed E-state index contributed by atoms with van der Waals surface area (Å²) in [5, 5.41) is 0. The van der Waals surface area contributed by atoms with E-state index in [0.29, 0.717) is 39.7 Å². The van der Waals surface area contributed by atoms with Gasteiger partial charge in [-0.15, -0.1) is 0 Å². The van der Waals surface area contributed by atoms with Crippen molar-refractivity contribution in [2.45, 2.75) is 6.54 Å². The predicted octanol–water partition coefficient (Wildman–Crippen LogP) is 3.25. The van der Waals surface area contributed by atoms with Crippen LogP contribution in [0.3, 0.4) is 0 Å². The van der Waals surface area contributed by atoms with E-state index in [1.54, 1.807) is 42.0 Å². The molecule has 3 rings (SSSR count). The van der Waals surface area contributed by atoms with E-state index in [9.17, 15) is 9.18 Å². The maximum absolute atomic E-state index is 14.3. The standard InChI is InChI=1S/C19H19FN2O4S/c1-24-11-10-22-16-13(20)7-5-9-15(16)27-19(22)21-18(23)12-6-4-8-14(25-2)17(12)26-3/h4-9H,10-11H2,1-3H3. The van der Waals surface area contributed by atoms with Gasteiger partial charge in [0, 0.05) is 13.7 Å². The lowest BCUT2D eigenvalue weighted by Crippen LogP contribution is -2.20. The lowest BCUT2D eigenvalue weighted by Gasteiger charge is -2.10. The molecule has 0 saturated heterocycles. The van der Waals surface area contributed by atoms with Crippen LogP contribution in [0.15, 0.2) is 41.4 Å². The highest BCUT2D eigenvalue weighted by atomic mass is 32.1. The fourth-order valence-electron chi connectivity index (χ4n) is 2.76. The molecule has 0 saturated carbocycles. The van der Waals surface area contributed by atoms with Crippen LogP contribution < -0.4 is 14.3 Å². The van der Waals surface area contributed by atoms with Crippen molar-refractivity contribution < 1.29 is 23.4 Å². The minimum atomic E-state index is -0.496. The Morgan fingerprint density at radius 3 is 2.63 bits per heavy atom. The Labute approximate surface area is 159 Å². The van der Waals surface area contributed by atoms with E-state index in [1.807, 2.05) is 0 Å². The molecule has 3 aromatic rings. The molecule has 2 aromatic carbocycles. The van der Waals surface area contributed by atoms with Gasteiger partial charge in [-0.2, -0.15) is 4.99 Å². The van der Waals surface area contributed by atoms with Crippen molar-refractivity contribution in [2.75, 3.05) is 27.9 Å². The van der Waals surface area contributed by atoms with E-state index < -0.39 is 5.91 Å². The number of benzene rings is 2. The van der Waals surface area contributed by atoms with Crippen LogP contribution in [-0.4, -0.2) is 38.4 Å². The SMILES string of the molecule is COCCn1c(=NC(=O)c2cccc(OC)c2OC)sc2cccc(F)c21. The van der Waals surface area contributed by atoms with Crippen molar-refractivity contribution >= 4 is 27.5 Å². The second kappa shape index (κ2) is 8.32. The molecule has 0 radical (unpaired) electrons. The molecule has 0 spiro atoms. The fourth-order valence-corrected chi connectivity index (χ4v) is 3.83. The van der Waals surface area contributed by atoms with Crippen molar-refractivity contribution in [2.24, 2.45) is 4.99 Å². The van der Waals surface area contributed by atoms with Gasteiger partial charge < -0.3 is 18.8 Å². The van der Waals surface area contributed by atoms with Gasteiger partial charge in [-0.25, -0.2) is 4.39 Å². The van der Waals surface area contributed by atoms with E-state index >= 15 is 0 Å². The molecular formula is C19H19FN2O4S. The summed E-state index contributed by atoms with van der Waals surface area (Å²) in [4.78, 5) is 17.4. The molecule has 0 unspecified atom stereocenters. The molecule has 1 amide bonds. The van der Waals surface area contributed by atoms with Crippen LogP contribution in [0.1, 0.15) is 10.4 Å². The Morgan fingerprint density at radius 2 is 1.93 bits per heavy atom. The number of carbonyl (C=O) groups excluding carboxylic acids is 1. The van der Waals surface area contributed by atoms with Crippen LogP contribution in [0.25, 0.3) is 10.2 Å². The Balaban J connectivity index is 2.16. The van der Waals surface area contributed by atoms with Crippen LogP contribution in [0.2, 0.25) is 0 Å². The van der Waals surface area contributed by atoms with E-state index in [1.165, 1.54) is 31.6 Å². The van der Waals surface area contributed by atoms with Crippen LogP contribution >= 0.6 is 11.3 Å². The fraction of sp³-hybridized carbons (Fsp3) is 0.263. The number of hydrogen-bond donors (Lipinski definition) is 0. The number of carbonyl (C=O) groups is 1. The van der Waals surface area contributed by atoms with Gasteiger partial charge in [0.15, 0.2) is 16.3 Å². The number of para-hydroxylation sites is 2. The Hall–Kier alpha value is -2.71. The first-order valence-electron chi connectivity index (χ1n) is 8.17. The third-order valence-corrected chi connectivity index (χ3v) is 5.04. The summed E-state index contributed by atoms with van der Waals surface area (Å²) in [5.41, 5.74) is 0.678. The largest absolute Gasteiger partial charge is 0.493 e. The van der Waals surface area contributed by atoms with Crippen molar-refractivity contribution in [3.63, 3.8) is 0 Å². The molecule has 0 aliphatic rings. The molecule has 0 atom stereocenters. The molecule has 0 aliphatic heterocycles. The molecule has 142 valence electrons. The third kappa shape index (κ3) is 3.72. The Bertz CT molecular complexity index is 1040. The monoisotopic (exact) mass is 390 g/mol. The van der Waals surface area contributed by atoms with E-state index in [2.05, 4.69) is 4.99 Å². The van der Waals surface area contributed by atoms with Crippen molar-refractivity contribution in [1.29, 1.82) is 0 Å². The number of methoxy groups -OCH3 is 3. The zero-order valence-corrected chi connectivity index (χ0v) is 16.0. The first kappa shape index (κ1) is 19.1. The molecule has 0 N–H and O–H groups in total. The van der Waals surface area contributed by atoms with E-state index in [0.717, 1.165) is 0 Å². The zero-order valence-electron chi connectivity index (χ0n) is 15.2. The summed E-state index contributed by atoms with van der Waals surface area (Å²) in [6, 6.07) is 9.81. The highest BCUT2D eigenvalue weighted by Gasteiger charge is 2.17. The van der Waals surface area contributed by atoms with Gasteiger partial charge in [0.1, 0.15) is 5.82 Å². The van der Waals surface area contributed by atoms with Crippen LogP contribution in [0, 0.1) is 5.82 Å². The second-order valence-corrected chi connectivity index (χ2v) is 6.58. The lowest BCUT2D eigenvalue weighted by molar-refractivity contribution is 0.0993. The van der Waals surface area contributed by atoms with Gasteiger partial charge in [0.2, 0.25) is 0 Å². The number of rotatable bonds is 6. The molecule has 0 aliphatic carbocycles. The first-order chi connectivity index (χ1) is 13.1. The molecule has 1 aromatic heterocycles. The van der Waals surface area contributed by atoms with Crippen molar-refractivity contribution in [3.8, 4) is 11.5 Å². The summed E-state index contributed by atoms with van der Waals surface area (Å²) in [6.45, 7) is 0.739. The summed E-state index contributed by atoms with van der Waals surface area (Å²) >= 11 is 1.24. The second-order valence-electron chi connectivity index (χ2n) is 5.57. The van der Waals surface area contributed by atoms with Crippen molar-refractivity contribution in [1.82, 2.24) is 4.57 Å². The highest BCUT2D eigenvalue weighted by Crippen LogP contribution is 2.31. The number of thiazole rings is 1. The quantitative estimate of drug-likeness (QED) is 0.648. The third-order valence-electron chi connectivity index (χ3n) is 4.00. The van der Waals surface area contributed by atoms with Gasteiger partial charge in [0.25, 0.3) is 5.91 Å². The molecule has 6 nitrogen and oxygen atoms in total. The smallest absolute Gasteiger partial charge is 0.283 e. The number of hydrogen-bond acceptors (Lipinski definition) is 5. The lowest BCUT2D eigenvalue weighted by atomic mass is 10.2. The number of ether oxygens (including phenoxy) is 3. The van der Waals surface area contributed by atoms with E-state index in [-0.39, 0.29) is 11.4 Å². The summed E-state index contributed by atoms with van der Waals surface area (Å²) in [7, 11) is 4.52. The molecule has 1 heterocycles. The topological polar surface area (TPSA) is 62.1 Å². The summed E-state index contributed by atoms with van der Waals surface area (Å²) in [5.74, 6) is -0.116. The van der Waals surface area contributed by atoms with Crippen molar-refractivity contribution in [3.05, 3.63) is 52.6 Å². The molecule has 27 heavy (non-hydrogen) atoms. The Kier molecular flexibility index (Phi) is 5.88. The highest BCUT2D eigenvalue weighted by molar-refractivity contribution is 7.16. The minimum absolute atomic E-state index is 0.271. The predicted molar refractivity (Wildman–Crippen MR) is 101 cm³/mol. The van der Waals surface area contributed by atoms with Gasteiger partial charge >= 0.3 is 0 Å². The van der Waals surface area contributed by atoms with Gasteiger partial charge in [-0.1, -0.05) is 23.5 Å². The van der Waals surface area contributed by atoms with Gasteiger partial charge in [-0.3, -0.25) is 4.79 Å². The van der Waals surface area contributed by atoms with Gasteiger partial charge in [0.05, 0.1) is 36.6 Å². The van der Waals surface area contributed by atoms with E-state index in [4.69, 9.17) is 14.2 Å². The van der Waals surface area contributed by atoms with Gasteiger partial charge in [-0.05, 0) is 24.3 Å². The number of fused-ring (bicyclic) bond motifs is 1. The van der Waals surface area contributed by atoms with Crippen LogP contribution in [0.5, 0.6) is 11.5 Å². The molecular weight excluding hydrogens is 371 g/mol. The number of amides is 1. The molecule has 8 heteroatoms. The van der Waals surface area contributed by atoms with Crippen LogP contribution in [-0.2, 0) is 11.3 Å². The Morgan fingerprint density at radius 1 is 1.15 bits per heavy atom. The normalized spacial score (nSPS) is 11.8. The number of aromatic nitrogens is 1. The average Bonchev–Trinajstić information content (AvgIpc) is 3.03. The minimum Gasteiger partial charge on any atom is -0.493 e. The maximum atomic E-state index is 14.3. The number of nitrogens with zero attached hydrogens (tertiary/aromatic N) is 2. The first-order valence-corrected chi connectivity index (χ1v) is 8.99. The zero-order chi connectivity index (χ0) is 19.4. The summed E-state index contributed by atoms with van der Waals surface area (Å²) in [6.07, 6.45) is 0. The summed E-state index contributed by atoms with van der Waals surface area (Å²) < 4.78 is 32.4. The maximum Gasteiger partial charge on any atom is 0.283 e. The number of halogens is 1. The molecule has 0 bridgehead atoms.